The molecule has 1 aliphatic rings. The van der Waals surface area contributed by atoms with Crippen LogP contribution in [0.3, 0.4) is 0 Å². The second-order valence-electron chi connectivity index (χ2n) is 11.3. The summed E-state index contributed by atoms with van der Waals surface area (Å²) in [5, 5.41) is 21.1. The molecule has 0 aliphatic carbocycles. The number of phosphoric ester groups is 1. The topological polar surface area (TPSA) is 150 Å². The van der Waals surface area contributed by atoms with Gasteiger partial charge in [0, 0.05) is 28.4 Å². The quantitative estimate of drug-likeness (QED) is 0.143. The number of Topliss-reactive ketones (excluding diaryl/α,β-unsaturated/α-hetero) is 1. The molecule has 4 atom stereocenters. The lowest BCUT2D eigenvalue weighted by atomic mass is 9.99. The molecule has 2 heterocycles. The summed E-state index contributed by atoms with van der Waals surface area (Å²) in [4.78, 5) is 36.1. The first-order valence-electron chi connectivity index (χ1n) is 12.9. The fourth-order valence-corrected chi connectivity index (χ4v) is 6.25. The van der Waals surface area contributed by atoms with Gasteiger partial charge in [-0.2, -0.15) is 4.57 Å². The highest BCUT2D eigenvalue weighted by Crippen LogP contribution is 2.50. The summed E-state index contributed by atoms with van der Waals surface area (Å²) in [5.74, 6) is 0.231. The number of nitrogens with zero attached hydrogens (tertiary/aromatic N) is 1. The van der Waals surface area contributed by atoms with E-state index in [1.54, 1.807) is 59.9 Å². The van der Waals surface area contributed by atoms with Crippen LogP contribution in [0, 0.1) is 10.8 Å². The minimum Gasteiger partial charge on any atom is -0.387 e. The second kappa shape index (κ2) is 14.8. The number of pyridine rings is 1. The van der Waals surface area contributed by atoms with Gasteiger partial charge in [-0.1, -0.05) is 65.1 Å². The third-order valence-electron chi connectivity index (χ3n) is 5.61. The van der Waals surface area contributed by atoms with E-state index in [4.69, 9.17) is 18.3 Å². The van der Waals surface area contributed by atoms with E-state index in [-0.39, 0.29) is 40.7 Å². The second-order valence-corrected chi connectivity index (χ2v) is 15.1. The predicted octanol–water partition coefficient (Wildman–Crippen LogP) is 3.57. The lowest BCUT2D eigenvalue weighted by Crippen LogP contribution is -2.46. The molecule has 40 heavy (non-hydrogen) atoms. The van der Waals surface area contributed by atoms with Crippen molar-refractivity contribution in [3.63, 3.8) is 0 Å². The number of ether oxygens (including phenoxy) is 1. The molecule has 11 nitrogen and oxygen atoms in total. The average Bonchev–Trinajstić information content (AvgIpc) is 3.15. The Balaban J connectivity index is 2.04. The summed E-state index contributed by atoms with van der Waals surface area (Å²) in [6.07, 6.45) is -1.79. The summed E-state index contributed by atoms with van der Waals surface area (Å²) in [6.45, 7) is 11.5. The van der Waals surface area contributed by atoms with E-state index in [0.717, 1.165) is 23.5 Å². The molecule has 14 heteroatoms. The van der Waals surface area contributed by atoms with Gasteiger partial charge in [0.05, 0.1) is 25.4 Å². The van der Waals surface area contributed by atoms with Crippen LogP contribution in [0.15, 0.2) is 24.5 Å². The smallest absolute Gasteiger partial charge is 0.387 e. The Morgan fingerprint density at radius 1 is 0.950 bits per heavy atom. The monoisotopic (exact) mass is 622 g/mol. The van der Waals surface area contributed by atoms with Crippen molar-refractivity contribution in [2.24, 2.45) is 10.8 Å². The number of hydrogen-bond donors (Lipinski definition) is 2. The average molecular weight is 623 g/mol. The molecule has 0 amide bonds. The summed E-state index contributed by atoms with van der Waals surface area (Å²) in [5.41, 5.74) is -0.703. The van der Waals surface area contributed by atoms with Crippen LogP contribution >= 0.6 is 31.3 Å². The maximum Gasteiger partial charge on any atom is 0.474 e. The molecule has 0 bridgehead atoms. The number of rotatable bonds is 13. The normalized spacial score (nSPS) is 21.9. The molecule has 1 aliphatic heterocycles. The summed E-state index contributed by atoms with van der Waals surface area (Å²) >= 11 is 2.07. The number of hydrogen-bond acceptors (Lipinski definition) is 12. The number of phosphoric acid groups is 1. The van der Waals surface area contributed by atoms with Crippen LogP contribution in [0.25, 0.3) is 0 Å². The third-order valence-corrected chi connectivity index (χ3v) is 9.57. The molecule has 1 saturated heterocycles. The number of ketones is 1. The molecular formula is C26H41NO10PS2+. The van der Waals surface area contributed by atoms with Gasteiger partial charge in [-0.15, -0.1) is 0 Å². The fraction of sp³-hybridized carbons (Fsp3) is 0.692. The minimum atomic E-state index is -4.21. The van der Waals surface area contributed by atoms with E-state index in [0.29, 0.717) is 5.56 Å². The third kappa shape index (κ3) is 10.6. The SMILES string of the molecule is CC(=O)c1ccc[n+]([C@@H]2O[C@H](COP(=O)(OCCSC(=O)C(C)(C)C)OCCSC(=O)C(C)(C)C)[C@H](O)C2O)c1. The van der Waals surface area contributed by atoms with Crippen molar-refractivity contribution in [1.82, 2.24) is 0 Å². The zero-order valence-corrected chi connectivity index (χ0v) is 26.6. The van der Waals surface area contributed by atoms with Crippen molar-refractivity contribution in [3.8, 4) is 0 Å². The van der Waals surface area contributed by atoms with Gasteiger partial charge in [0.15, 0.2) is 34.5 Å². The van der Waals surface area contributed by atoms with Crippen molar-refractivity contribution in [1.29, 1.82) is 0 Å². The van der Waals surface area contributed by atoms with Crippen LogP contribution in [-0.2, 0) is 32.5 Å². The van der Waals surface area contributed by atoms with E-state index in [9.17, 15) is 29.2 Å². The molecule has 0 spiro atoms. The molecule has 2 rings (SSSR count). The van der Waals surface area contributed by atoms with Crippen molar-refractivity contribution < 1.29 is 52.0 Å². The van der Waals surface area contributed by atoms with Crippen LogP contribution in [0.1, 0.15) is 65.1 Å². The number of thioether (sulfide) groups is 2. The molecule has 1 aromatic heterocycles. The summed E-state index contributed by atoms with van der Waals surface area (Å²) in [7, 11) is -4.21. The Kier molecular flexibility index (Phi) is 13.0. The van der Waals surface area contributed by atoms with E-state index in [1.807, 2.05) is 0 Å². The highest BCUT2D eigenvalue weighted by molar-refractivity contribution is 8.14. The van der Waals surface area contributed by atoms with Gasteiger partial charge in [-0.05, 0) is 13.0 Å². The van der Waals surface area contributed by atoms with E-state index in [1.165, 1.54) is 17.7 Å². The zero-order valence-electron chi connectivity index (χ0n) is 24.0. The first-order valence-corrected chi connectivity index (χ1v) is 16.3. The molecule has 1 aromatic rings. The first kappa shape index (κ1) is 35.0. The van der Waals surface area contributed by atoms with Gasteiger partial charge in [0.1, 0.15) is 12.2 Å². The van der Waals surface area contributed by atoms with Gasteiger partial charge in [-0.25, -0.2) is 4.57 Å². The maximum atomic E-state index is 13.4. The van der Waals surface area contributed by atoms with Gasteiger partial charge in [0.25, 0.3) is 6.23 Å². The minimum absolute atomic E-state index is 0.0567. The van der Waals surface area contributed by atoms with E-state index >= 15 is 0 Å². The standard InChI is InChI=1S/C26H41NO10PS2/c1-17(28)18-9-8-10-27(15-18)22-21(30)20(29)19(37-22)16-36-38(33,34-11-13-39-23(31)25(2,3)4)35-12-14-40-24(32)26(5,6)7/h8-10,15,19-22,29-30H,11-14,16H2,1-7H3/q+1/t19-,20+,21?,22-/m1/s1. The highest BCUT2D eigenvalue weighted by atomic mass is 32.2. The molecule has 1 unspecified atom stereocenters. The number of aliphatic hydroxyl groups is 2. The maximum absolute atomic E-state index is 13.4. The Bertz CT molecular complexity index is 1050. The Morgan fingerprint density at radius 3 is 1.95 bits per heavy atom. The molecule has 0 aromatic carbocycles. The summed E-state index contributed by atoms with van der Waals surface area (Å²) < 4.78 is 37.0. The van der Waals surface area contributed by atoms with E-state index < -0.39 is 49.8 Å². The van der Waals surface area contributed by atoms with Crippen LogP contribution < -0.4 is 4.57 Å². The first-order chi connectivity index (χ1) is 18.4. The number of aliphatic hydroxyl groups excluding tert-OH is 2. The van der Waals surface area contributed by atoms with Gasteiger partial charge < -0.3 is 14.9 Å². The number of aromatic nitrogens is 1. The highest BCUT2D eigenvalue weighted by Gasteiger charge is 2.49. The number of carbonyl (C=O) groups excluding carboxylic acids is 3. The molecular weight excluding hydrogens is 581 g/mol. The van der Waals surface area contributed by atoms with Crippen molar-refractivity contribution in [2.75, 3.05) is 31.3 Å². The fourth-order valence-electron chi connectivity index (χ4n) is 3.25. The Labute approximate surface area is 244 Å². The van der Waals surface area contributed by atoms with Gasteiger partial charge in [0.2, 0.25) is 0 Å². The zero-order chi connectivity index (χ0) is 30.3. The molecule has 2 N–H and O–H groups in total. The van der Waals surface area contributed by atoms with Gasteiger partial charge >= 0.3 is 7.82 Å². The predicted molar refractivity (Wildman–Crippen MR) is 152 cm³/mol. The lowest BCUT2D eigenvalue weighted by Gasteiger charge is -2.21. The molecule has 226 valence electrons. The molecule has 1 fully saturated rings. The van der Waals surface area contributed by atoms with E-state index in [2.05, 4.69) is 0 Å². The van der Waals surface area contributed by atoms with Crippen molar-refractivity contribution in [2.45, 2.75) is 73.0 Å². The lowest BCUT2D eigenvalue weighted by molar-refractivity contribution is -0.765. The Morgan fingerprint density at radius 2 is 1.48 bits per heavy atom. The summed E-state index contributed by atoms with van der Waals surface area (Å²) in [6, 6.07) is 3.23. The molecule has 0 radical (unpaired) electrons. The Hall–Kier alpha value is -1.15. The van der Waals surface area contributed by atoms with Crippen LogP contribution in [0.4, 0.5) is 0 Å². The number of carbonyl (C=O) groups is 3. The largest absolute Gasteiger partial charge is 0.474 e. The van der Waals surface area contributed by atoms with Crippen LogP contribution in [0.5, 0.6) is 0 Å². The van der Waals surface area contributed by atoms with Gasteiger partial charge in [-0.3, -0.25) is 28.0 Å². The van der Waals surface area contributed by atoms with Crippen molar-refractivity contribution in [3.05, 3.63) is 30.1 Å². The van der Waals surface area contributed by atoms with Crippen LogP contribution in [0.2, 0.25) is 0 Å². The van der Waals surface area contributed by atoms with Crippen molar-refractivity contribution >= 4 is 47.4 Å². The van der Waals surface area contributed by atoms with Crippen LogP contribution in [-0.4, -0.2) is 75.9 Å². The molecule has 0 saturated carbocycles.